The minimum absolute atomic E-state index is 0.133. The lowest BCUT2D eigenvalue weighted by molar-refractivity contribution is -0.131. The zero-order valence-corrected chi connectivity index (χ0v) is 13.1. The molecule has 2 N–H and O–H groups in total. The number of likely N-dealkylation sites (N-methyl/N-ethyl adjacent to an activating group) is 1. The van der Waals surface area contributed by atoms with Gasteiger partial charge in [0.2, 0.25) is 5.91 Å². The van der Waals surface area contributed by atoms with Crippen LogP contribution in [-0.2, 0) is 4.79 Å². The summed E-state index contributed by atoms with van der Waals surface area (Å²) in [5.74, 6) is 0.991. The lowest BCUT2D eigenvalue weighted by atomic mass is 10.0. The zero-order valence-electron chi connectivity index (χ0n) is 13.1. The highest BCUT2D eigenvalue weighted by molar-refractivity contribution is 5.82. The van der Waals surface area contributed by atoms with Crippen molar-refractivity contribution in [2.75, 3.05) is 20.7 Å². The first-order chi connectivity index (χ1) is 10.2. The number of amides is 1. The Balaban J connectivity index is 1.95. The second-order valence-corrected chi connectivity index (χ2v) is 5.52. The van der Waals surface area contributed by atoms with Gasteiger partial charge in [-0.05, 0) is 30.5 Å². The highest BCUT2D eigenvalue weighted by Crippen LogP contribution is 2.25. The molecule has 2 rings (SSSR count). The number of nitrogens with one attached hydrogen (secondary N) is 2. The first-order valence-electron chi connectivity index (χ1n) is 7.55. The average molecular weight is 291 g/mol. The fourth-order valence-electron chi connectivity index (χ4n) is 2.57. The van der Waals surface area contributed by atoms with Crippen molar-refractivity contribution in [2.45, 2.75) is 38.3 Å². The number of carbonyl (C=O) groups excluding carboxylic acids is 1. The molecule has 116 valence electrons. The van der Waals surface area contributed by atoms with Crippen LogP contribution in [0.5, 0.6) is 5.75 Å². The number of rotatable bonds is 6. The third-order valence-corrected chi connectivity index (χ3v) is 3.92. The van der Waals surface area contributed by atoms with Crippen molar-refractivity contribution in [1.29, 1.82) is 0 Å². The van der Waals surface area contributed by atoms with Crippen LogP contribution in [0.15, 0.2) is 24.3 Å². The van der Waals surface area contributed by atoms with Gasteiger partial charge < -0.3 is 9.64 Å². The Morgan fingerprint density at radius 3 is 2.95 bits per heavy atom. The number of methoxy groups -OCH3 is 1. The van der Waals surface area contributed by atoms with E-state index in [2.05, 4.69) is 23.8 Å². The van der Waals surface area contributed by atoms with Crippen molar-refractivity contribution < 1.29 is 9.53 Å². The number of hydrogen-bond donors (Lipinski definition) is 2. The molecule has 1 saturated heterocycles. The lowest BCUT2D eigenvalue weighted by Crippen LogP contribution is -2.44. The van der Waals surface area contributed by atoms with E-state index in [0.717, 1.165) is 37.1 Å². The number of benzene rings is 1. The maximum absolute atomic E-state index is 12.3. The van der Waals surface area contributed by atoms with Crippen molar-refractivity contribution in [1.82, 2.24) is 15.8 Å². The molecular formula is C16H25N3O2. The molecule has 0 saturated carbocycles. The van der Waals surface area contributed by atoms with Crippen LogP contribution in [0.2, 0.25) is 0 Å². The SMILES string of the molecule is CCCCN(C)C(=O)C1CC(c2cccc(OC)c2)NN1. The van der Waals surface area contributed by atoms with Gasteiger partial charge in [0.1, 0.15) is 11.8 Å². The first kappa shape index (κ1) is 15.8. The number of ether oxygens (including phenoxy) is 1. The van der Waals surface area contributed by atoms with Crippen molar-refractivity contribution in [3.05, 3.63) is 29.8 Å². The van der Waals surface area contributed by atoms with Gasteiger partial charge in [-0.15, -0.1) is 0 Å². The van der Waals surface area contributed by atoms with Crippen molar-refractivity contribution in [2.24, 2.45) is 0 Å². The fraction of sp³-hybridized carbons (Fsp3) is 0.562. The van der Waals surface area contributed by atoms with Gasteiger partial charge >= 0.3 is 0 Å². The monoisotopic (exact) mass is 291 g/mol. The van der Waals surface area contributed by atoms with Gasteiger partial charge in [-0.3, -0.25) is 4.79 Å². The molecule has 0 aromatic heterocycles. The molecule has 1 aliphatic rings. The molecule has 5 heteroatoms. The summed E-state index contributed by atoms with van der Waals surface area (Å²) >= 11 is 0. The third-order valence-electron chi connectivity index (χ3n) is 3.92. The molecule has 1 aromatic carbocycles. The number of hydrazine groups is 1. The predicted octanol–water partition coefficient (Wildman–Crippen LogP) is 1.86. The van der Waals surface area contributed by atoms with Gasteiger partial charge in [0, 0.05) is 19.6 Å². The molecule has 0 spiro atoms. The largest absolute Gasteiger partial charge is 0.497 e. The van der Waals surface area contributed by atoms with E-state index in [4.69, 9.17) is 4.74 Å². The van der Waals surface area contributed by atoms with Crippen LogP contribution in [0.1, 0.15) is 37.8 Å². The van der Waals surface area contributed by atoms with Gasteiger partial charge in [0.25, 0.3) is 0 Å². The summed E-state index contributed by atoms with van der Waals surface area (Å²) in [7, 11) is 3.53. The van der Waals surface area contributed by atoms with Crippen molar-refractivity contribution in [3.63, 3.8) is 0 Å². The van der Waals surface area contributed by atoms with E-state index in [1.807, 2.05) is 30.1 Å². The quantitative estimate of drug-likeness (QED) is 0.840. The van der Waals surface area contributed by atoms with Crippen LogP contribution < -0.4 is 15.6 Å². The van der Waals surface area contributed by atoms with E-state index in [0.29, 0.717) is 0 Å². The Hall–Kier alpha value is -1.59. The summed E-state index contributed by atoms with van der Waals surface area (Å²) in [6.07, 6.45) is 2.89. The molecule has 2 unspecified atom stereocenters. The van der Waals surface area contributed by atoms with Crippen LogP contribution in [0.3, 0.4) is 0 Å². The molecule has 0 bridgehead atoms. The summed E-state index contributed by atoms with van der Waals surface area (Å²) in [5, 5.41) is 0. The standard InChI is InChI=1S/C16H25N3O2/c1-4-5-9-19(2)16(20)15-11-14(17-18-15)12-7-6-8-13(10-12)21-3/h6-8,10,14-15,17-18H,4-5,9,11H2,1-3H3. The van der Waals surface area contributed by atoms with E-state index in [1.165, 1.54) is 0 Å². The number of unbranched alkanes of at least 4 members (excludes halogenated alkanes) is 1. The summed E-state index contributed by atoms with van der Waals surface area (Å²) in [5.41, 5.74) is 7.46. The van der Waals surface area contributed by atoms with E-state index in [9.17, 15) is 4.79 Å². The van der Waals surface area contributed by atoms with Gasteiger partial charge in [-0.25, -0.2) is 10.9 Å². The maximum Gasteiger partial charge on any atom is 0.240 e. The smallest absolute Gasteiger partial charge is 0.240 e. The van der Waals surface area contributed by atoms with Crippen LogP contribution >= 0.6 is 0 Å². The Bertz CT molecular complexity index is 478. The average Bonchev–Trinajstić information content (AvgIpc) is 3.01. The summed E-state index contributed by atoms with van der Waals surface area (Å²) in [6, 6.07) is 7.92. The number of hydrogen-bond acceptors (Lipinski definition) is 4. The highest BCUT2D eigenvalue weighted by Gasteiger charge is 2.31. The van der Waals surface area contributed by atoms with Crippen LogP contribution in [0.25, 0.3) is 0 Å². The maximum atomic E-state index is 12.3. The molecule has 21 heavy (non-hydrogen) atoms. The predicted molar refractivity (Wildman–Crippen MR) is 83.0 cm³/mol. The second kappa shape index (κ2) is 7.43. The molecule has 1 aromatic rings. The highest BCUT2D eigenvalue weighted by atomic mass is 16.5. The Labute approximate surface area is 126 Å². The van der Waals surface area contributed by atoms with Crippen LogP contribution in [0, 0.1) is 0 Å². The molecule has 2 atom stereocenters. The molecule has 0 aliphatic carbocycles. The van der Waals surface area contributed by atoms with E-state index < -0.39 is 0 Å². The Kier molecular flexibility index (Phi) is 5.59. The molecule has 0 radical (unpaired) electrons. The zero-order chi connectivity index (χ0) is 15.2. The van der Waals surface area contributed by atoms with Crippen molar-refractivity contribution >= 4 is 5.91 Å². The Morgan fingerprint density at radius 2 is 2.24 bits per heavy atom. The van der Waals surface area contributed by atoms with Gasteiger partial charge in [-0.2, -0.15) is 0 Å². The van der Waals surface area contributed by atoms with Gasteiger partial charge in [0.15, 0.2) is 0 Å². The number of nitrogens with zero attached hydrogens (tertiary/aromatic N) is 1. The lowest BCUT2D eigenvalue weighted by Gasteiger charge is -2.20. The fourth-order valence-corrected chi connectivity index (χ4v) is 2.57. The molecule has 1 fully saturated rings. The minimum atomic E-state index is -0.164. The van der Waals surface area contributed by atoms with Gasteiger partial charge in [-0.1, -0.05) is 25.5 Å². The normalized spacial score (nSPS) is 21.3. The molecule has 1 heterocycles. The van der Waals surface area contributed by atoms with Crippen molar-refractivity contribution in [3.8, 4) is 5.75 Å². The van der Waals surface area contributed by atoms with E-state index >= 15 is 0 Å². The second-order valence-electron chi connectivity index (χ2n) is 5.52. The summed E-state index contributed by atoms with van der Waals surface area (Å²) in [6.45, 7) is 2.95. The van der Waals surface area contributed by atoms with Gasteiger partial charge in [0.05, 0.1) is 7.11 Å². The summed E-state index contributed by atoms with van der Waals surface area (Å²) < 4.78 is 5.25. The van der Waals surface area contributed by atoms with E-state index in [1.54, 1.807) is 7.11 Å². The Morgan fingerprint density at radius 1 is 1.43 bits per heavy atom. The number of carbonyl (C=O) groups is 1. The minimum Gasteiger partial charge on any atom is -0.497 e. The molecule has 1 amide bonds. The van der Waals surface area contributed by atoms with Crippen LogP contribution in [0.4, 0.5) is 0 Å². The van der Waals surface area contributed by atoms with Crippen LogP contribution in [-0.4, -0.2) is 37.6 Å². The molecular weight excluding hydrogens is 266 g/mol. The molecule has 5 nitrogen and oxygen atoms in total. The summed E-state index contributed by atoms with van der Waals surface area (Å²) in [4.78, 5) is 14.2. The topological polar surface area (TPSA) is 53.6 Å². The molecule has 1 aliphatic heterocycles. The van der Waals surface area contributed by atoms with E-state index in [-0.39, 0.29) is 18.0 Å². The third kappa shape index (κ3) is 3.95. The first-order valence-corrected chi connectivity index (χ1v) is 7.55.